The first kappa shape index (κ1) is 22.3. The number of furan rings is 1. The zero-order valence-corrected chi connectivity index (χ0v) is 16.1. The minimum absolute atomic E-state index is 0. The van der Waals surface area contributed by atoms with Gasteiger partial charge in [0.1, 0.15) is 5.76 Å². The van der Waals surface area contributed by atoms with Crippen molar-refractivity contribution in [1.29, 1.82) is 0 Å². The van der Waals surface area contributed by atoms with Crippen LogP contribution in [0.15, 0.2) is 22.8 Å². The maximum Gasteiger partial charge on any atom is 0.240 e. The number of halogens is 2. The van der Waals surface area contributed by atoms with Crippen molar-refractivity contribution in [2.75, 3.05) is 26.2 Å². The topological polar surface area (TPSA) is 80.7 Å². The van der Waals surface area contributed by atoms with Crippen molar-refractivity contribution in [3.05, 3.63) is 24.2 Å². The van der Waals surface area contributed by atoms with Gasteiger partial charge in [0.25, 0.3) is 0 Å². The van der Waals surface area contributed by atoms with Crippen molar-refractivity contribution in [2.24, 2.45) is 5.73 Å². The van der Waals surface area contributed by atoms with E-state index < -0.39 is 5.54 Å². The lowest BCUT2D eigenvalue weighted by molar-refractivity contribution is -0.126. The van der Waals surface area contributed by atoms with Gasteiger partial charge in [-0.3, -0.25) is 9.69 Å². The van der Waals surface area contributed by atoms with Crippen molar-refractivity contribution in [3.8, 4) is 0 Å². The molecule has 2 heterocycles. The van der Waals surface area contributed by atoms with Gasteiger partial charge in [-0.05, 0) is 31.4 Å². The number of carbonyl (C=O) groups excluding carboxylic acids is 1. The predicted octanol–water partition coefficient (Wildman–Crippen LogP) is 2.10. The van der Waals surface area contributed by atoms with E-state index in [-0.39, 0.29) is 36.8 Å². The number of ether oxygens (including phenoxy) is 1. The number of nitrogens with one attached hydrogen (secondary N) is 1. The molecule has 0 radical (unpaired) electrons. The molecule has 1 aromatic heterocycles. The van der Waals surface area contributed by atoms with Crippen molar-refractivity contribution >= 4 is 30.7 Å². The summed E-state index contributed by atoms with van der Waals surface area (Å²) in [6, 6.07) is 3.90. The van der Waals surface area contributed by atoms with Gasteiger partial charge in [-0.2, -0.15) is 0 Å². The number of nitrogens with two attached hydrogens (primary N) is 1. The van der Waals surface area contributed by atoms with Gasteiger partial charge in [0.15, 0.2) is 0 Å². The highest BCUT2D eigenvalue weighted by molar-refractivity contribution is 5.86. The quantitative estimate of drug-likeness (QED) is 0.773. The third-order valence-corrected chi connectivity index (χ3v) is 4.88. The van der Waals surface area contributed by atoms with Crippen molar-refractivity contribution in [2.45, 2.75) is 50.3 Å². The summed E-state index contributed by atoms with van der Waals surface area (Å²) in [5.41, 5.74) is 5.52. The maximum atomic E-state index is 12.2. The molecule has 1 atom stereocenters. The van der Waals surface area contributed by atoms with Crippen molar-refractivity contribution in [1.82, 2.24) is 10.2 Å². The molecule has 6 nitrogen and oxygen atoms in total. The number of hydrogen-bond acceptors (Lipinski definition) is 5. The molecular weight excluding hydrogens is 365 g/mol. The monoisotopic (exact) mass is 393 g/mol. The van der Waals surface area contributed by atoms with Crippen LogP contribution in [0.2, 0.25) is 0 Å². The number of morpholine rings is 1. The van der Waals surface area contributed by atoms with Gasteiger partial charge in [-0.25, -0.2) is 0 Å². The molecule has 0 spiro atoms. The summed E-state index contributed by atoms with van der Waals surface area (Å²) in [5, 5.41) is 2.99. The second-order valence-electron chi connectivity index (χ2n) is 6.72. The Bertz CT molecular complexity index is 507. The van der Waals surface area contributed by atoms with Crippen LogP contribution in [0, 0.1) is 0 Å². The lowest BCUT2D eigenvalue weighted by atomic mass is 9.98. The summed E-state index contributed by atoms with van der Waals surface area (Å²) < 4.78 is 11.2. The summed E-state index contributed by atoms with van der Waals surface area (Å²) >= 11 is 0. The van der Waals surface area contributed by atoms with E-state index in [1.54, 1.807) is 6.26 Å². The van der Waals surface area contributed by atoms with Gasteiger partial charge < -0.3 is 20.2 Å². The summed E-state index contributed by atoms with van der Waals surface area (Å²) in [7, 11) is 0. The molecule has 1 saturated heterocycles. The Balaban J connectivity index is 0.00000156. The first-order valence-corrected chi connectivity index (χ1v) is 8.59. The van der Waals surface area contributed by atoms with Gasteiger partial charge in [0.05, 0.1) is 31.1 Å². The van der Waals surface area contributed by atoms with Crippen LogP contribution in [-0.4, -0.2) is 48.7 Å². The van der Waals surface area contributed by atoms with Crippen LogP contribution in [0.4, 0.5) is 0 Å². The van der Waals surface area contributed by atoms with E-state index in [9.17, 15) is 4.79 Å². The highest BCUT2D eigenvalue weighted by atomic mass is 35.5. The zero-order chi connectivity index (χ0) is 16.1. The Morgan fingerprint density at radius 1 is 1.36 bits per heavy atom. The first-order valence-electron chi connectivity index (χ1n) is 8.59. The molecule has 1 aliphatic carbocycles. The smallest absolute Gasteiger partial charge is 0.240 e. The molecule has 1 saturated carbocycles. The van der Waals surface area contributed by atoms with E-state index >= 15 is 0 Å². The minimum atomic E-state index is -0.640. The Morgan fingerprint density at radius 3 is 2.80 bits per heavy atom. The van der Waals surface area contributed by atoms with Gasteiger partial charge in [0.2, 0.25) is 5.91 Å². The SMILES string of the molecule is Cl.Cl.NC1(C(=O)NCCC2CN(Cc3ccco3)CCO2)CCCC1. The van der Waals surface area contributed by atoms with Crippen molar-refractivity contribution in [3.63, 3.8) is 0 Å². The second-order valence-corrected chi connectivity index (χ2v) is 6.72. The Kier molecular flexibility index (Phi) is 9.24. The van der Waals surface area contributed by atoms with Crippen molar-refractivity contribution < 1.29 is 13.9 Å². The average molecular weight is 394 g/mol. The predicted molar refractivity (Wildman–Crippen MR) is 101 cm³/mol. The molecule has 1 aromatic rings. The van der Waals surface area contributed by atoms with Gasteiger partial charge in [0, 0.05) is 19.6 Å². The third kappa shape index (κ3) is 6.15. The van der Waals surface area contributed by atoms with E-state index in [1.807, 2.05) is 12.1 Å². The largest absolute Gasteiger partial charge is 0.468 e. The standard InChI is InChI=1S/C17H27N3O3.2ClH/c18-17(6-1-2-7-17)16(21)19-8-5-15-13-20(9-11-23-15)12-14-4-3-10-22-14;;/h3-4,10,15H,1-2,5-9,11-13,18H2,(H,19,21);2*1H. The summed E-state index contributed by atoms with van der Waals surface area (Å²) in [4.78, 5) is 14.5. The first-order chi connectivity index (χ1) is 11.2. The Hall–Kier alpha value is -0.790. The molecule has 3 N–H and O–H groups in total. The highest BCUT2D eigenvalue weighted by Crippen LogP contribution is 2.27. The fourth-order valence-electron chi connectivity index (χ4n) is 3.48. The lowest BCUT2D eigenvalue weighted by Gasteiger charge is -2.32. The molecule has 3 rings (SSSR count). The van der Waals surface area contributed by atoms with Gasteiger partial charge in [-0.1, -0.05) is 12.8 Å². The summed E-state index contributed by atoms with van der Waals surface area (Å²) in [6.07, 6.45) is 6.38. The fourth-order valence-corrected chi connectivity index (χ4v) is 3.48. The molecule has 25 heavy (non-hydrogen) atoms. The highest BCUT2D eigenvalue weighted by Gasteiger charge is 2.36. The molecule has 8 heteroatoms. The number of hydrogen-bond donors (Lipinski definition) is 2. The van der Waals surface area contributed by atoms with Crippen LogP contribution in [0.5, 0.6) is 0 Å². The molecular formula is C17H29Cl2N3O3. The minimum Gasteiger partial charge on any atom is -0.468 e. The summed E-state index contributed by atoms with van der Waals surface area (Å²) in [6.45, 7) is 3.93. The van der Waals surface area contributed by atoms with Gasteiger partial charge in [-0.15, -0.1) is 24.8 Å². The number of rotatable bonds is 6. The average Bonchev–Trinajstić information content (AvgIpc) is 3.20. The number of nitrogens with zero attached hydrogens (tertiary/aromatic N) is 1. The summed E-state index contributed by atoms with van der Waals surface area (Å²) in [5.74, 6) is 0.975. The van der Waals surface area contributed by atoms with Gasteiger partial charge >= 0.3 is 0 Å². The van der Waals surface area contributed by atoms with E-state index in [1.165, 1.54) is 0 Å². The lowest BCUT2D eigenvalue weighted by Crippen LogP contribution is -2.52. The van der Waals surface area contributed by atoms with E-state index in [0.717, 1.165) is 64.1 Å². The molecule has 2 fully saturated rings. The zero-order valence-electron chi connectivity index (χ0n) is 14.4. The molecule has 2 aliphatic rings. The third-order valence-electron chi connectivity index (χ3n) is 4.88. The van der Waals surface area contributed by atoms with Crippen LogP contribution in [-0.2, 0) is 16.1 Å². The molecule has 0 bridgehead atoms. The van der Waals surface area contributed by atoms with Crippen LogP contribution in [0.3, 0.4) is 0 Å². The molecule has 1 unspecified atom stereocenters. The number of carbonyl (C=O) groups is 1. The van der Waals surface area contributed by atoms with E-state index in [4.69, 9.17) is 14.9 Å². The normalized spacial score (nSPS) is 22.7. The van der Waals surface area contributed by atoms with E-state index in [0.29, 0.717) is 6.54 Å². The number of amides is 1. The van der Waals surface area contributed by atoms with E-state index in [2.05, 4.69) is 10.2 Å². The molecule has 144 valence electrons. The molecule has 1 aliphatic heterocycles. The van der Waals surface area contributed by atoms with Crippen LogP contribution < -0.4 is 11.1 Å². The second kappa shape index (κ2) is 10.4. The van der Waals surface area contributed by atoms with Crippen LogP contribution in [0.1, 0.15) is 37.9 Å². The molecule has 0 aromatic carbocycles. The Morgan fingerprint density at radius 2 is 2.12 bits per heavy atom. The van der Waals surface area contributed by atoms with Crippen LogP contribution in [0.25, 0.3) is 0 Å². The fraction of sp³-hybridized carbons (Fsp3) is 0.706. The van der Waals surface area contributed by atoms with Crippen LogP contribution >= 0.6 is 24.8 Å². The maximum absolute atomic E-state index is 12.2. The molecule has 1 amide bonds. The Labute approximate surface area is 161 Å².